The average molecular weight is 575 g/mol. The lowest BCUT2D eigenvalue weighted by molar-refractivity contribution is -0.118. The van der Waals surface area contributed by atoms with Crippen LogP contribution in [0.1, 0.15) is 24.8 Å². The van der Waals surface area contributed by atoms with Gasteiger partial charge in [0, 0.05) is 64.8 Å². The fourth-order valence-corrected chi connectivity index (χ4v) is 5.88. The lowest BCUT2D eigenvalue weighted by Gasteiger charge is -2.37. The molecule has 3 heterocycles. The number of urea groups is 1. The van der Waals surface area contributed by atoms with Crippen LogP contribution in [0.4, 0.5) is 16.2 Å². The predicted molar refractivity (Wildman–Crippen MR) is 157 cm³/mol. The normalized spacial score (nSPS) is 18.8. The Balaban J connectivity index is 1.08. The number of imide groups is 1. The minimum absolute atomic E-state index is 0.138. The molecule has 3 aliphatic heterocycles. The van der Waals surface area contributed by atoms with Gasteiger partial charge in [-0.25, -0.2) is 9.69 Å². The summed E-state index contributed by atoms with van der Waals surface area (Å²) >= 11 is 12.6. The Labute approximate surface area is 241 Å². The van der Waals surface area contributed by atoms with Gasteiger partial charge in [0.05, 0.1) is 28.0 Å². The molecule has 0 atom stereocenters. The Morgan fingerprint density at radius 1 is 0.897 bits per heavy atom. The highest BCUT2D eigenvalue weighted by atomic mass is 35.5. The first-order valence-electron chi connectivity index (χ1n) is 13.9. The molecule has 0 radical (unpaired) electrons. The van der Waals surface area contributed by atoms with E-state index in [-0.39, 0.29) is 11.9 Å². The van der Waals surface area contributed by atoms with Gasteiger partial charge in [0.15, 0.2) is 0 Å². The second kappa shape index (κ2) is 12.8. The third-order valence-electron chi connectivity index (χ3n) is 7.90. The average Bonchev–Trinajstić information content (AvgIpc) is 2.95. The lowest BCUT2D eigenvalue weighted by Crippen LogP contribution is -2.54. The molecule has 3 amide bonds. The van der Waals surface area contributed by atoms with Gasteiger partial charge >= 0.3 is 6.03 Å². The summed E-state index contributed by atoms with van der Waals surface area (Å²) in [4.78, 5) is 36.2. The van der Waals surface area contributed by atoms with E-state index in [1.807, 2.05) is 43.4 Å². The molecule has 0 saturated carbocycles. The molecule has 3 aliphatic rings. The maximum absolute atomic E-state index is 13.3. The summed E-state index contributed by atoms with van der Waals surface area (Å²) in [5, 5.41) is 1.22. The number of halogens is 2. The van der Waals surface area contributed by atoms with Gasteiger partial charge in [-0.3, -0.25) is 9.69 Å². The first-order valence-corrected chi connectivity index (χ1v) is 14.6. The van der Waals surface area contributed by atoms with E-state index in [9.17, 15) is 9.59 Å². The van der Waals surface area contributed by atoms with Gasteiger partial charge in [0.25, 0.3) is 0 Å². The zero-order valence-corrected chi connectivity index (χ0v) is 24.1. The van der Waals surface area contributed by atoms with Crippen molar-refractivity contribution < 1.29 is 14.3 Å². The molecule has 10 heteroatoms. The number of carbonyl (C=O) groups is 2. The van der Waals surface area contributed by atoms with Gasteiger partial charge in [-0.05, 0) is 56.6 Å². The van der Waals surface area contributed by atoms with Crippen molar-refractivity contribution in [3.05, 3.63) is 52.0 Å². The van der Waals surface area contributed by atoms with Crippen LogP contribution < -0.4 is 14.5 Å². The van der Waals surface area contributed by atoms with Crippen LogP contribution in [0.5, 0.6) is 5.75 Å². The fourth-order valence-electron chi connectivity index (χ4n) is 5.47. The minimum Gasteiger partial charge on any atom is -0.494 e. The number of rotatable bonds is 7. The number of fused-ring (bicyclic) bond motifs is 1. The number of aryl methyl sites for hydroxylation is 1. The highest BCUT2D eigenvalue weighted by Gasteiger charge is 2.34. The Kier molecular flexibility index (Phi) is 9.17. The summed E-state index contributed by atoms with van der Waals surface area (Å²) in [6, 6.07) is 11.4. The molecule has 5 rings (SSSR count). The van der Waals surface area contributed by atoms with Crippen LogP contribution in [0, 0.1) is 0 Å². The van der Waals surface area contributed by atoms with Gasteiger partial charge in [-0.1, -0.05) is 35.3 Å². The number of likely N-dealkylation sites (N-methyl/N-ethyl adjacent to an activating group) is 1. The Morgan fingerprint density at radius 3 is 2.44 bits per heavy atom. The van der Waals surface area contributed by atoms with Crippen molar-refractivity contribution in [2.75, 3.05) is 82.4 Å². The SMILES string of the molecule is CN1CCN(C(=O)N2C(=O)CCc3ccc(OCCCCN4CCN(c5cccc(Cl)c5Cl)CC4)cc32)CC1. The van der Waals surface area contributed by atoms with E-state index < -0.39 is 0 Å². The highest BCUT2D eigenvalue weighted by Crippen LogP contribution is 2.34. The third kappa shape index (κ3) is 6.62. The predicted octanol–water partition coefficient (Wildman–Crippen LogP) is 4.62. The number of ether oxygens (including phenoxy) is 1. The van der Waals surface area contributed by atoms with Crippen molar-refractivity contribution in [3.63, 3.8) is 0 Å². The lowest BCUT2D eigenvalue weighted by atomic mass is 10.0. The van der Waals surface area contributed by atoms with E-state index in [0.717, 1.165) is 69.9 Å². The number of unbranched alkanes of at least 4 members (excludes halogenated alkanes) is 1. The standard InChI is InChI=1S/C29H37Cl2N5O3/c1-32-12-16-35(17-13-32)29(38)36-26-21-23(9-7-22(26)8-10-27(36)37)39-20-3-2-11-33-14-18-34(19-15-33)25-6-4-5-24(30)28(25)31/h4-7,9,21H,2-3,8,10-20H2,1H3. The molecule has 2 saturated heterocycles. The summed E-state index contributed by atoms with van der Waals surface area (Å²) in [5.74, 6) is 0.563. The molecule has 0 aromatic heterocycles. The fraction of sp³-hybridized carbons (Fsp3) is 0.517. The topological polar surface area (TPSA) is 59.6 Å². The number of amides is 3. The van der Waals surface area contributed by atoms with Crippen LogP contribution in [0.15, 0.2) is 36.4 Å². The van der Waals surface area contributed by atoms with Crippen LogP contribution in [-0.4, -0.2) is 99.2 Å². The van der Waals surface area contributed by atoms with E-state index in [4.69, 9.17) is 27.9 Å². The molecule has 2 aromatic rings. The number of carbonyl (C=O) groups excluding carboxylic acids is 2. The van der Waals surface area contributed by atoms with Gasteiger partial charge in [-0.15, -0.1) is 0 Å². The second-order valence-electron chi connectivity index (χ2n) is 10.5. The zero-order valence-electron chi connectivity index (χ0n) is 22.6. The summed E-state index contributed by atoms with van der Waals surface area (Å²) in [7, 11) is 2.05. The number of piperazine rings is 2. The number of benzene rings is 2. The molecule has 0 unspecified atom stereocenters. The Hall–Kier alpha value is -2.52. The van der Waals surface area contributed by atoms with Gasteiger partial charge < -0.3 is 19.4 Å². The maximum atomic E-state index is 13.3. The molecular formula is C29H37Cl2N5O3. The highest BCUT2D eigenvalue weighted by molar-refractivity contribution is 6.43. The quantitative estimate of drug-likeness (QED) is 0.450. The van der Waals surface area contributed by atoms with Crippen molar-refractivity contribution in [1.29, 1.82) is 0 Å². The molecule has 2 aromatic carbocycles. The molecule has 210 valence electrons. The van der Waals surface area contributed by atoms with E-state index >= 15 is 0 Å². The smallest absolute Gasteiger partial charge is 0.331 e. The Morgan fingerprint density at radius 2 is 1.67 bits per heavy atom. The molecular weight excluding hydrogens is 537 g/mol. The van der Waals surface area contributed by atoms with Crippen LogP contribution >= 0.6 is 23.2 Å². The van der Waals surface area contributed by atoms with Crippen molar-refractivity contribution in [2.24, 2.45) is 0 Å². The van der Waals surface area contributed by atoms with E-state index in [0.29, 0.717) is 54.0 Å². The largest absolute Gasteiger partial charge is 0.494 e. The van der Waals surface area contributed by atoms with Gasteiger partial charge in [0.1, 0.15) is 5.75 Å². The molecule has 39 heavy (non-hydrogen) atoms. The van der Waals surface area contributed by atoms with Gasteiger partial charge in [0.2, 0.25) is 5.91 Å². The molecule has 2 fully saturated rings. The maximum Gasteiger partial charge on any atom is 0.331 e. The molecule has 0 N–H and O–H groups in total. The van der Waals surface area contributed by atoms with Crippen LogP contribution in [-0.2, 0) is 11.2 Å². The first kappa shape index (κ1) is 28.0. The number of hydrogen-bond acceptors (Lipinski definition) is 6. The van der Waals surface area contributed by atoms with Crippen LogP contribution in [0.25, 0.3) is 0 Å². The van der Waals surface area contributed by atoms with Crippen LogP contribution in [0.3, 0.4) is 0 Å². The van der Waals surface area contributed by atoms with E-state index in [2.05, 4.69) is 14.7 Å². The zero-order chi connectivity index (χ0) is 27.4. The minimum atomic E-state index is -0.219. The van der Waals surface area contributed by atoms with Crippen molar-refractivity contribution in [2.45, 2.75) is 25.7 Å². The first-order chi connectivity index (χ1) is 18.9. The third-order valence-corrected chi connectivity index (χ3v) is 8.71. The molecule has 0 aliphatic carbocycles. The number of hydrogen-bond donors (Lipinski definition) is 0. The van der Waals surface area contributed by atoms with Crippen molar-refractivity contribution in [3.8, 4) is 5.75 Å². The molecule has 8 nitrogen and oxygen atoms in total. The Bertz CT molecular complexity index is 1180. The van der Waals surface area contributed by atoms with Crippen molar-refractivity contribution in [1.82, 2.24) is 14.7 Å². The monoisotopic (exact) mass is 573 g/mol. The van der Waals surface area contributed by atoms with Crippen LogP contribution in [0.2, 0.25) is 10.0 Å². The molecule has 0 bridgehead atoms. The summed E-state index contributed by atoms with van der Waals surface area (Å²) in [5.41, 5.74) is 2.70. The van der Waals surface area contributed by atoms with E-state index in [1.54, 1.807) is 4.90 Å². The van der Waals surface area contributed by atoms with E-state index in [1.165, 1.54) is 4.90 Å². The summed E-state index contributed by atoms with van der Waals surface area (Å²) < 4.78 is 6.06. The van der Waals surface area contributed by atoms with Gasteiger partial charge in [-0.2, -0.15) is 0 Å². The van der Waals surface area contributed by atoms with Crippen molar-refractivity contribution >= 4 is 46.5 Å². The molecule has 0 spiro atoms. The summed E-state index contributed by atoms with van der Waals surface area (Å²) in [6.45, 7) is 8.33. The summed E-state index contributed by atoms with van der Waals surface area (Å²) in [6.07, 6.45) is 2.97. The second-order valence-corrected chi connectivity index (χ2v) is 11.3. The number of anilines is 2. The number of nitrogens with zero attached hydrogens (tertiary/aromatic N) is 5.